The summed E-state index contributed by atoms with van der Waals surface area (Å²) in [6.45, 7) is 3.57. The van der Waals surface area contributed by atoms with Crippen LogP contribution in [0.1, 0.15) is 37.4 Å². The first kappa shape index (κ1) is 22.8. The summed E-state index contributed by atoms with van der Waals surface area (Å²) < 4.78 is 5.49. The van der Waals surface area contributed by atoms with Crippen molar-refractivity contribution in [1.29, 1.82) is 0 Å². The molecule has 8 nitrogen and oxygen atoms in total. The predicted molar refractivity (Wildman–Crippen MR) is 121 cm³/mol. The molecule has 0 saturated heterocycles. The van der Waals surface area contributed by atoms with Crippen LogP contribution in [0.15, 0.2) is 22.5 Å². The molecule has 2 N–H and O–H groups in total. The zero-order valence-electron chi connectivity index (χ0n) is 16.7. The quantitative estimate of drug-likeness (QED) is 0.354. The zero-order chi connectivity index (χ0) is 21.7. The van der Waals surface area contributed by atoms with Crippen LogP contribution in [0.2, 0.25) is 0 Å². The molecule has 2 aliphatic heterocycles. The van der Waals surface area contributed by atoms with Crippen molar-refractivity contribution >= 4 is 58.6 Å². The van der Waals surface area contributed by atoms with Gasteiger partial charge >= 0.3 is 5.97 Å². The van der Waals surface area contributed by atoms with E-state index in [1.54, 1.807) is 19.9 Å². The number of rotatable bonds is 3. The minimum atomic E-state index is -0.991. The van der Waals surface area contributed by atoms with E-state index in [1.165, 1.54) is 23.1 Å². The number of cyclic esters (lactones) is 1. The fraction of sp³-hybridized carbons (Fsp3) is 0.526. The van der Waals surface area contributed by atoms with Crippen molar-refractivity contribution in [2.45, 2.75) is 50.9 Å². The second-order valence-corrected chi connectivity index (χ2v) is 9.55. The number of hydrogen-bond donors (Lipinski definition) is 3. The van der Waals surface area contributed by atoms with Gasteiger partial charge in [-0.3, -0.25) is 14.6 Å². The number of fused-ring (bicyclic) bond motifs is 4. The summed E-state index contributed by atoms with van der Waals surface area (Å²) in [5, 5.41) is 8.79. The molecule has 2 amide bonds. The summed E-state index contributed by atoms with van der Waals surface area (Å²) >= 11 is 7.02. The van der Waals surface area contributed by atoms with Crippen LogP contribution in [-0.2, 0) is 25.7 Å². The summed E-state index contributed by atoms with van der Waals surface area (Å²) in [4.78, 5) is 46.8. The number of carbonyl (C=O) groups excluding carboxylic acids is 3. The van der Waals surface area contributed by atoms with E-state index in [4.69, 9.17) is 4.74 Å². The number of thiol groups is 1. The lowest BCUT2D eigenvalue weighted by Crippen LogP contribution is -2.50. The van der Waals surface area contributed by atoms with Gasteiger partial charge in [-0.25, -0.2) is 9.78 Å². The molecule has 3 rings (SSSR count). The highest BCUT2D eigenvalue weighted by Crippen LogP contribution is 2.31. The molecule has 1 aromatic rings. The minimum absolute atomic E-state index is 0.0199. The van der Waals surface area contributed by atoms with E-state index >= 15 is 0 Å². The van der Waals surface area contributed by atoms with Crippen molar-refractivity contribution in [2.75, 3.05) is 11.5 Å². The fourth-order valence-corrected chi connectivity index (χ4v) is 4.87. The molecule has 0 aliphatic carbocycles. The number of aromatic nitrogens is 1. The number of thiazole rings is 1. The molecule has 3 atom stereocenters. The van der Waals surface area contributed by atoms with Gasteiger partial charge in [0.2, 0.25) is 11.8 Å². The first-order valence-electron chi connectivity index (χ1n) is 9.54. The molecule has 162 valence electrons. The Hall–Kier alpha value is -1.85. The van der Waals surface area contributed by atoms with E-state index in [1.807, 2.05) is 11.5 Å². The van der Waals surface area contributed by atoms with Gasteiger partial charge in [0.1, 0.15) is 33.4 Å². The van der Waals surface area contributed by atoms with Crippen LogP contribution in [0, 0.1) is 0 Å². The summed E-state index contributed by atoms with van der Waals surface area (Å²) in [5.74, 6) is -0.124. The molecule has 3 heterocycles. The van der Waals surface area contributed by atoms with Crippen LogP contribution in [-0.4, -0.2) is 57.0 Å². The Morgan fingerprint density at radius 2 is 2.20 bits per heavy atom. The number of carbonyl (C=O) groups is 3. The maximum Gasteiger partial charge on any atom is 0.328 e. The third kappa shape index (κ3) is 5.64. The lowest BCUT2D eigenvalue weighted by atomic mass is 10.0. The smallest absolute Gasteiger partial charge is 0.328 e. The van der Waals surface area contributed by atoms with E-state index in [2.05, 4.69) is 33.2 Å². The third-order valence-corrected chi connectivity index (χ3v) is 6.92. The fourth-order valence-electron chi connectivity index (χ4n) is 2.80. The van der Waals surface area contributed by atoms with Crippen LogP contribution in [0.25, 0.3) is 0 Å². The van der Waals surface area contributed by atoms with E-state index < -0.39 is 23.7 Å². The number of aliphatic imine (C=N–C) groups is 1. The third-order valence-electron chi connectivity index (χ3n) is 4.54. The molecule has 30 heavy (non-hydrogen) atoms. The van der Waals surface area contributed by atoms with Crippen LogP contribution in [0.5, 0.6) is 0 Å². The maximum absolute atomic E-state index is 12.8. The summed E-state index contributed by atoms with van der Waals surface area (Å²) in [5.41, 5.74) is -0.298. The van der Waals surface area contributed by atoms with Crippen LogP contribution < -0.4 is 10.6 Å². The summed E-state index contributed by atoms with van der Waals surface area (Å²) in [6.07, 6.45) is 3.43. The van der Waals surface area contributed by atoms with Crippen molar-refractivity contribution in [3.8, 4) is 0 Å². The predicted octanol–water partition coefficient (Wildman–Crippen LogP) is 1.71. The first-order valence-corrected chi connectivity index (χ1v) is 12.0. The van der Waals surface area contributed by atoms with Crippen molar-refractivity contribution < 1.29 is 19.1 Å². The van der Waals surface area contributed by atoms with Gasteiger partial charge in [-0.1, -0.05) is 6.08 Å². The van der Waals surface area contributed by atoms with Gasteiger partial charge in [-0.05, 0) is 32.1 Å². The molecule has 4 bridgehead atoms. The molecular formula is C19H24N4O4S3. The van der Waals surface area contributed by atoms with Crippen LogP contribution in [0.3, 0.4) is 0 Å². The van der Waals surface area contributed by atoms with Crippen LogP contribution in [0.4, 0.5) is 0 Å². The standard InChI is InChI=1S/C19H24N4O4S3/c1-11-17(25)27-12(5-3-4-6-28)7-14(24)20-8-15-22-13(9-29-15)16-23-19(2,10-30-16)18(26)21-11/h3,5,9,11-12,28H,4,6-8,10H2,1-2H3,(H,20,24)(H,21,26)/b5-3+/t11-,12+,19-/m0/s1. The number of nitrogens with zero attached hydrogens (tertiary/aromatic N) is 2. The van der Waals surface area contributed by atoms with E-state index in [9.17, 15) is 14.4 Å². The number of nitrogens with one attached hydrogen (secondary N) is 2. The Kier molecular flexibility index (Phi) is 7.59. The summed E-state index contributed by atoms with van der Waals surface area (Å²) in [6, 6.07) is -0.874. The van der Waals surface area contributed by atoms with Gasteiger partial charge in [0.25, 0.3) is 0 Å². The van der Waals surface area contributed by atoms with Gasteiger partial charge in [0.05, 0.1) is 13.0 Å². The molecule has 0 spiro atoms. The monoisotopic (exact) mass is 468 g/mol. The molecule has 2 aliphatic rings. The van der Waals surface area contributed by atoms with Crippen molar-refractivity contribution in [3.05, 3.63) is 28.2 Å². The average Bonchev–Trinajstić information content (AvgIpc) is 3.33. The van der Waals surface area contributed by atoms with Gasteiger partial charge < -0.3 is 15.4 Å². The molecule has 11 heteroatoms. The first-order chi connectivity index (χ1) is 14.3. The van der Waals surface area contributed by atoms with Gasteiger partial charge in [0.15, 0.2) is 0 Å². The molecule has 0 fully saturated rings. The Morgan fingerprint density at radius 3 is 2.97 bits per heavy atom. The Labute approximate surface area is 188 Å². The molecule has 0 aromatic carbocycles. The zero-order valence-corrected chi connectivity index (χ0v) is 19.2. The van der Waals surface area contributed by atoms with Gasteiger partial charge in [-0.2, -0.15) is 12.6 Å². The topological polar surface area (TPSA) is 110 Å². The van der Waals surface area contributed by atoms with Crippen molar-refractivity contribution in [2.24, 2.45) is 4.99 Å². The van der Waals surface area contributed by atoms with E-state index in [0.29, 0.717) is 28.7 Å². The Morgan fingerprint density at radius 1 is 1.40 bits per heavy atom. The number of allylic oxidation sites excluding steroid dienone is 1. The highest BCUT2D eigenvalue weighted by molar-refractivity contribution is 8.14. The van der Waals surface area contributed by atoms with Crippen LogP contribution >= 0.6 is 35.7 Å². The van der Waals surface area contributed by atoms with E-state index in [-0.39, 0.29) is 24.8 Å². The highest BCUT2D eigenvalue weighted by Gasteiger charge is 2.40. The number of thioether (sulfide) groups is 1. The number of ether oxygens (including phenoxy) is 1. The van der Waals surface area contributed by atoms with Gasteiger partial charge in [0, 0.05) is 11.1 Å². The Bertz CT molecular complexity index is 885. The van der Waals surface area contributed by atoms with Gasteiger partial charge in [-0.15, -0.1) is 23.1 Å². The Balaban J connectivity index is 1.85. The lowest BCUT2D eigenvalue weighted by molar-refractivity contribution is -0.151. The molecule has 0 unspecified atom stereocenters. The SMILES string of the molecule is C[C@@H]1NC(=O)[C@]2(C)CSC(=N2)c2csc(n2)CNC(=O)C[C@@H](/C=C/CCS)OC1=O. The second-order valence-electron chi connectivity index (χ2n) is 7.20. The highest BCUT2D eigenvalue weighted by atomic mass is 32.2. The average molecular weight is 469 g/mol. The lowest BCUT2D eigenvalue weighted by Gasteiger charge is -2.23. The minimum Gasteiger partial charge on any atom is -0.456 e. The number of amides is 2. The van der Waals surface area contributed by atoms with Crippen molar-refractivity contribution in [1.82, 2.24) is 15.6 Å². The summed E-state index contributed by atoms with van der Waals surface area (Å²) in [7, 11) is 0. The van der Waals surface area contributed by atoms with Crippen molar-refractivity contribution in [3.63, 3.8) is 0 Å². The largest absolute Gasteiger partial charge is 0.456 e. The number of hydrogen-bond acceptors (Lipinski definition) is 9. The molecule has 0 saturated carbocycles. The van der Waals surface area contributed by atoms with E-state index in [0.717, 1.165) is 5.01 Å². The normalized spacial score (nSPS) is 28.1. The molecule has 0 radical (unpaired) electrons. The molecular weight excluding hydrogens is 444 g/mol. The maximum atomic E-state index is 12.8. The second kappa shape index (κ2) is 9.97. The number of esters is 1. The molecule has 1 aromatic heterocycles.